The van der Waals surface area contributed by atoms with Gasteiger partial charge in [-0.25, -0.2) is 14.2 Å². The number of anilines is 2. The number of hydrogen-bond donors (Lipinski definition) is 2. The van der Waals surface area contributed by atoms with Crippen molar-refractivity contribution in [3.63, 3.8) is 0 Å². The minimum Gasteiger partial charge on any atom is -0.475 e. The molecule has 0 atom stereocenters. The van der Waals surface area contributed by atoms with Crippen LogP contribution in [-0.2, 0) is 22.7 Å². The highest BCUT2D eigenvalue weighted by molar-refractivity contribution is 5.88. The van der Waals surface area contributed by atoms with Crippen LogP contribution in [0.3, 0.4) is 0 Å². The van der Waals surface area contributed by atoms with Crippen molar-refractivity contribution >= 4 is 23.4 Å². The van der Waals surface area contributed by atoms with E-state index >= 15 is 0 Å². The Balaban J connectivity index is 0.000000470. The summed E-state index contributed by atoms with van der Waals surface area (Å²) < 4.78 is 47.3. The van der Waals surface area contributed by atoms with Gasteiger partial charge in [-0.1, -0.05) is 24.8 Å². The number of benzene rings is 2. The van der Waals surface area contributed by atoms with Gasteiger partial charge in [0.05, 0.1) is 18.8 Å². The Hall–Kier alpha value is -5.00. The molecule has 0 saturated heterocycles. The average Bonchev–Trinajstić information content (AvgIpc) is 3.32. The number of amides is 1. The molecule has 2 N–H and O–H groups in total. The Morgan fingerprint density at radius 2 is 1.68 bits per heavy atom. The standard InChI is InChI=1S/C26H22FN5O.C2HF3O2/c1-2-24(33)31-14-15-32-22(17-31)25(26(30-32)18-8-10-20(27)11-9-18)19-12-13-28-23(16-19)29-21-6-4-3-5-7-21;3-2(4,5)1(6)7/h2-13,16H,1,14-15,17H2,(H,28,29);(H,6,7). The predicted molar refractivity (Wildman–Crippen MR) is 140 cm³/mol. The first-order valence-corrected chi connectivity index (χ1v) is 11.9. The third kappa shape index (κ3) is 6.52. The lowest BCUT2D eigenvalue weighted by atomic mass is 9.98. The minimum atomic E-state index is -5.08. The van der Waals surface area contributed by atoms with E-state index in [1.165, 1.54) is 18.2 Å². The molecule has 3 heterocycles. The van der Waals surface area contributed by atoms with Crippen LogP contribution in [-0.4, -0.2) is 49.4 Å². The third-order valence-electron chi connectivity index (χ3n) is 5.92. The van der Waals surface area contributed by atoms with Gasteiger partial charge < -0.3 is 15.3 Å². The first-order valence-electron chi connectivity index (χ1n) is 11.9. The summed E-state index contributed by atoms with van der Waals surface area (Å²) in [5.74, 6) is -2.48. The number of carboxylic acid groups (broad SMARTS) is 1. The molecular formula is C28H23F4N5O3. The number of carboxylic acids is 1. The normalized spacial score (nSPS) is 12.6. The minimum absolute atomic E-state index is 0.113. The van der Waals surface area contributed by atoms with Gasteiger partial charge in [0.2, 0.25) is 5.91 Å². The number of aromatic nitrogens is 3. The van der Waals surface area contributed by atoms with Crippen LogP contribution in [0.1, 0.15) is 5.69 Å². The first kappa shape index (κ1) is 28.0. The van der Waals surface area contributed by atoms with Crippen molar-refractivity contribution in [1.82, 2.24) is 19.7 Å². The van der Waals surface area contributed by atoms with Crippen LogP contribution in [0.2, 0.25) is 0 Å². The number of rotatable bonds is 5. The highest BCUT2D eigenvalue weighted by Crippen LogP contribution is 2.37. The van der Waals surface area contributed by atoms with Crippen molar-refractivity contribution in [1.29, 1.82) is 0 Å². The maximum atomic E-state index is 13.6. The molecule has 1 aliphatic rings. The lowest BCUT2D eigenvalue weighted by Crippen LogP contribution is -2.37. The maximum Gasteiger partial charge on any atom is 0.490 e. The molecule has 5 rings (SSSR count). The largest absolute Gasteiger partial charge is 0.490 e. The molecule has 0 radical (unpaired) electrons. The highest BCUT2D eigenvalue weighted by Gasteiger charge is 2.38. The molecule has 0 saturated carbocycles. The SMILES string of the molecule is C=CC(=O)N1CCn2nc(-c3ccc(F)cc3)c(-c3ccnc(Nc4ccccc4)c3)c2C1.O=C(O)C(F)(F)F. The Morgan fingerprint density at radius 1 is 1.00 bits per heavy atom. The fraction of sp³-hybridized carbons (Fsp3) is 0.143. The van der Waals surface area contributed by atoms with E-state index in [0.717, 1.165) is 33.8 Å². The van der Waals surface area contributed by atoms with Crippen LogP contribution in [0.5, 0.6) is 0 Å². The lowest BCUT2D eigenvalue weighted by Gasteiger charge is -2.27. The molecule has 0 unspecified atom stereocenters. The van der Waals surface area contributed by atoms with Gasteiger partial charge in [0.25, 0.3) is 0 Å². The topological polar surface area (TPSA) is 100 Å². The zero-order chi connectivity index (χ0) is 28.9. The van der Waals surface area contributed by atoms with Gasteiger partial charge in [-0.2, -0.15) is 18.3 Å². The number of aliphatic carboxylic acids is 1. The second kappa shape index (κ2) is 11.8. The van der Waals surface area contributed by atoms with E-state index in [2.05, 4.69) is 16.9 Å². The molecule has 0 spiro atoms. The van der Waals surface area contributed by atoms with E-state index in [4.69, 9.17) is 15.0 Å². The Labute approximate surface area is 226 Å². The molecule has 2 aromatic carbocycles. The van der Waals surface area contributed by atoms with Gasteiger partial charge in [-0.15, -0.1) is 0 Å². The van der Waals surface area contributed by atoms with Crippen molar-refractivity contribution in [3.8, 4) is 22.4 Å². The summed E-state index contributed by atoms with van der Waals surface area (Å²) in [5, 5.41) is 15.3. The maximum absolute atomic E-state index is 13.6. The summed E-state index contributed by atoms with van der Waals surface area (Å²) in [7, 11) is 0. The van der Waals surface area contributed by atoms with Crippen LogP contribution >= 0.6 is 0 Å². The van der Waals surface area contributed by atoms with Crippen LogP contribution in [0.15, 0.2) is 85.6 Å². The third-order valence-corrected chi connectivity index (χ3v) is 5.92. The van der Waals surface area contributed by atoms with E-state index < -0.39 is 12.1 Å². The number of nitrogens with zero attached hydrogens (tertiary/aromatic N) is 4. The summed E-state index contributed by atoms with van der Waals surface area (Å²) in [5.41, 5.74) is 5.23. The highest BCUT2D eigenvalue weighted by atomic mass is 19.4. The number of halogens is 4. The van der Waals surface area contributed by atoms with Crippen LogP contribution in [0.4, 0.5) is 29.1 Å². The second-order valence-corrected chi connectivity index (χ2v) is 8.59. The Bertz CT molecular complexity index is 1520. The number of pyridine rings is 1. The monoisotopic (exact) mass is 553 g/mol. The molecular weight excluding hydrogens is 530 g/mol. The molecule has 8 nitrogen and oxygen atoms in total. The van der Waals surface area contributed by atoms with Crippen molar-refractivity contribution in [2.45, 2.75) is 19.3 Å². The lowest BCUT2D eigenvalue weighted by molar-refractivity contribution is -0.192. The van der Waals surface area contributed by atoms with Crippen molar-refractivity contribution < 1.29 is 32.3 Å². The number of hydrogen-bond acceptors (Lipinski definition) is 5. The van der Waals surface area contributed by atoms with E-state index in [1.54, 1.807) is 23.2 Å². The molecule has 40 heavy (non-hydrogen) atoms. The number of nitrogens with one attached hydrogen (secondary N) is 1. The molecule has 0 bridgehead atoms. The fourth-order valence-corrected chi connectivity index (χ4v) is 4.07. The molecule has 0 fully saturated rings. The van der Waals surface area contributed by atoms with Crippen molar-refractivity contribution in [2.24, 2.45) is 0 Å². The average molecular weight is 554 g/mol. The molecule has 1 amide bonds. The predicted octanol–water partition coefficient (Wildman–Crippen LogP) is 5.66. The Kier molecular flexibility index (Phi) is 8.27. The molecule has 4 aromatic rings. The first-order chi connectivity index (χ1) is 19.1. The molecule has 206 valence electrons. The van der Waals surface area contributed by atoms with Crippen LogP contribution in [0, 0.1) is 5.82 Å². The van der Waals surface area contributed by atoms with E-state index in [-0.39, 0.29) is 11.7 Å². The Morgan fingerprint density at radius 3 is 2.30 bits per heavy atom. The van der Waals surface area contributed by atoms with Gasteiger partial charge >= 0.3 is 12.1 Å². The van der Waals surface area contributed by atoms with Crippen LogP contribution in [0.25, 0.3) is 22.4 Å². The van der Waals surface area contributed by atoms with Gasteiger partial charge in [0, 0.05) is 29.6 Å². The summed E-state index contributed by atoms with van der Waals surface area (Å²) >= 11 is 0. The molecule has 12 heteroatoms. The zero-order valence-electron chi connectivity index (χ0n) is 20.9. The van der Waals surface area contributed by atoms with E-state index in [9.17, 15) is 22.4 Å². The number of alkyl halides is 3. The van der Waals surface area contributed by atoms with Gasteiger partial charge in [-0.3, -0.25) is 9.48 Å². The van der Waals surface area contributed by atoms with Crippen molar-refractivity contribution in [2.75, 3.05) is 11.9 Å². The second-order valence-electron chi connectivity index (χ2n) is 8.59. The number of fused-ring (bicyclic) bond motifs is 1. The summed E-state index contributed by atoms with van der Waals surface area (Å²) in [6.07, 6.45) is -2.00. The van der Waals surface area contributed by atoms with Gasteiger partial charge in [-0.05, 0) is 60.2 Å². The van der Waals surface area contributed by atoms with Gasteiger partial charge in [0.1, 0.15) is 17.3 Å². The molecule has 1 aliphatic heterocycles. The van der Waals surface area contributed by atoms with E-state index in [1.807, 2.05) is 47.1 Å². The quantitative estimate of drug-likeness (QED) is 0.245. The van der Waals surface area contributed by atoms with Crippen LogP contribution < -0.4 is 5.32 Å². The number of carbonyl (C=O) groups excluding carboxylic acids is 1. The summed E-state index contributed by atoms with van der Waals surface area (Å²) in [6, 6.07) is 20.0. The van der Waals surface area contributed by atoms with E-state index in [0.29, 0.717) is 25.5 Å². The number of carbonyl (C=O) groups is 2. The van der Waals surface area contributed by atoms with Crippen molar-refractivity contribution in [3.05, 3.63) is 97.1 Å². The summed E-state index contributed by atoms with van der Waals surface area (Å²) in [6.45, 7) is 5.16. The van der Waals surface area contributed by atoms with Gasteiger partial charge in [0.15, 0.2) is 0 Å². The smallest absolute Gasteiger partial charge is 0.475 e. The fourth-order valence-electron chi connectivity index (χ4n) is 4.07. The summed E-state index contributed by atoms with van der Waals surface area (Å²) in [4.78, 5) is 27.4. The number of para-hydroxylation sites is 1. The zero-order valence-corrected chi connectivity index (χ0v) is 20.9. The molecule has 0 aliphatic carbocycles. The molecule has 2 aromatic heterocycles.